The molecule has 4 heteroatoms. The van der Waals surface area contributed by atoms with E-state index in [4.69, 9.17) is 16.3 Å². The van der Waals surface area contributed by atoms with E-state index in [0.717, 1.165) is 42.8 Å². The second-order valence-electron chi connectivity index (χ2n) is 8.15. The van der Waals surface area contributed by atoms with Crippen LogP contribution in [-0.2, 0) is 5.60 Å². The van der Waals surface area contributed by atoms with Crippen LogP contribution in [0.25, 0.3) is 0 Å². The lowest BCUT2D eigenvalue weighted by Crippen LogP contribution is -2.63. The first-order valence-electron chi connectivity index (χ1n) is 9.35. The Morgan fingerprint density at radius 3 is 2.35 bits per heavy atom. The molecule has 1 aliphatic heterocycles. The van der Waals surface area contributed by atoms with Gasteiger partial charge in [0.15, 0.2) is 0 Å². The third kappa shape index (κ3) is 2.92. The maximum atomic E-state index is 12.0. The number of halogens is 1. The molecule has 0 amide bonds. The highest BCUT2D eigenvalue weighted by Gasteiger charge is 2.55. The van der Waals surface area contributed by atoms with Crippen molar-refractivity contribution in [1.82, 2.24) is 4.90 Å². The monoisotopic (exact) mass is 371 g/mol. The summed E-state index contributed by atoms with van der Waals surface area (Å²) in [5.74, 6) is 0.878. The predicted molar refractivity (Wildman–Crippen MR) is 105 cm³/mol. The fourth-order valence-electron chi connectivity index (χ4n) is 4.41. The van der Waals surface area contributed by atoms with Crippen LogP contribution in [0, 0.1) is 5.41 Å². The number of hydrogen-bond acceptors (Lipinski definition) is 3. The summed E-state index contributed by atoms with van der Waals surface area (Å²) >= 11 is 6.24. The van der Waals surface area contributed by atoms with Crippen molar-refractivity contribution in [2.75, 3.05) is 20.1 Å². The molecule has 0 aromatic heterocycles. The average Bonchev–Trinajstić information content (AvgIpc) is 2.56. The topological polar surface area (TPSA) is 32.7 Å². The summed E-state index contributed by atoms with van der Waals surface area (Å²) in [6.07, 6.45) is 3.88. The molecule has 2 aliphatic rings. The van der Waals surface area contributed by atoms with Gasteiger partial charge in [0, 0.05) is 23.5 Å². The first kappa shape index (κ1) is 17.8. The number of ether oxygens (including phenoxy) is 1. The van der Waals surface area contributed by atoms with Crippen molar-refractivity contribution < 1.29 is 9.84 Å². The van der Waals surface area contributed by atoms with Crippen LogP contribution in [0.5, 0.6) is 5.75 Å². The summed E-state index contributed by atoms with van der Waals surface area (Å²) < 4.78 is 5.97. The molecule has 0 bridgehead atoms. The van der Waals surface area contributed by atoms with Gasteiger partial charge in [0.05, 0.1) is 6.10 Å². The molecule has 2 fully saturated rings. The van der Waals surface area contributed by atoms with E-state index < -0.39 is 5.60 Å². The molecule has 1 N–H and O–H groups in total. The third-order valence-corrected chi connectivity index (χ3v) is 6.22. The summed E-state index contributed by atoms with van der Waals surface area (Å²) in [6.45, 7) is 3.80. The van der Waals surface area contributed by atoms with Crippen LogP contribution in [-0.4, -0.2) is 36.2 Å². The summed E-state index contributed by atoms with van der Waals surface area (Å²) in [6, 6.07) is 15.6. The minimum Gasteiger partial charge on any atom is -0.490 e. The number of hydrogen-bond donors (Lipinski definition) is 1. The van der Waals surface area contributed by atoms with Crippen molar-refractivity contribution in [3.63, 3.8) is 0 Å². The van der Waals surface area contributed by atoms with Gasteiger partial charge in [0.2, 0.25) is 0 Å². The molecule has 3 nitrogen and oxygen atoms in total. The summed E-state index contributed by atoms with van der Waals surface area (Å²) in [4.78, 5) is 2.23. The summed E-state index contributed by atoms with van der Waals surface area (Å²) in [5.41, 5.74) is 0.354. The highest BCUT2D eigenvalue weighted by atomic mass is 35.5. The molecule has 2 aromatic carbocycles. The standard InChI is InChI=1S/C22H26ClNO2/c1-21(14-24(2)15-21)22(25,17-5-3-6-18(23)13-17)16-9-11-20(12-10-16)26-19-7-4-8-19/h3,5-6,9-13,19,25H,4,7-8,14-15H2,1-2H3/t22-/m0/s1. The van der Waals surface area contributed by atoms with Gasteiger partial charge in [-0.05, 0) is 61.7 Å². The molecule has 1 atom stereocenters. The highest BCUT2D eigenvalue weighted by Crippen LogP contribution is 2.50. The SMILES string of the molecule is CN1CC(C)([C@](O)(c2ccc(OC3CCC3)cc2)c2cccc(Cl)c2)C1. The van der Waals surface area contributed by atoms with E-state index in [0.29, 0.717) is 11.1 Å². The molecule has 26 heavy (non-hydrogen) atoms. The van der Waals surface area contributed by atoms with Gasteiger partial charge in [-0.3, -0.25) is 0 Å². The number of likely N-dealkylation sites (tertiary alicyclic amines) is 1. The van der Waals surface area contributed by atoms with E-state index in [1.54, 1.807) is 0 Å². The first-order chi connectivity index (χ1) is 12.4. The Morgan fingerprint density at radius 2 is 1.81 bits per heavy atom. The quantitative estimate of drug-likeness (QED) is 0.842. The number of benzene rings is 2. The van der Waals surface area contributed by atoms with Gasteiger partial charge < -0.3 is 14.7 Å². The van der Waals surface area contributed by atoms with Crippen LogP contribution in [0.2, 0.25) is 5.02 Å². The van der Waals surface area contributed by atoms with Gasteiger partial charge in [-0.1, -0.05) is 42.8 Å². The Hall–Kier alpha value is -1.55. The van der Waals surface area contributed by atoms with Crippen molar-refractivity contribution in [1.29, 1.82) is 0 Å². The largest absolute Gasteiger partial charge is 0.490 e. The van der Waals surface area contributed by atoms with E-state index in [9.17, 15) is 5.11 Å². The van der Waals surface area contributed by atoms with Crippen molar-refractivity contribution in [2.24, 2.45) is 5.41 Å². The van der Waals surface area contributed by atoms with Crippen molar-refractivity contribution in [3.8, 4) is 5.75 Å². The van der Waals surface area contributed by atoms with Crippen LogP contribution in [0.1, 0.15) is 37.3 Å². The molecule has 1 heterocycles. The van der Waals surface area contributed by atoms with Crippen LogP contribution in [0.4, 0.5) is 0 Å². The Morgan fingerprint density at radius 1 is 1.12 bits per heavy atom. The Bertz CT molecular complexity index is 781. The molecule has 1 saturated heterocycles. The zero-order chi connectivity index (χ0) is 18.4. The van der Waals surface area contributed by atoms with Crippen LogP contribution in [0.3, 0.4) is 0 Å². The average molecular weight is 372 g/mol. The van der Waals surface area contributed by atoms with Crippen LogP contribution >= 0.6 is 11.6 Å². The van der Waals surface area contributed by atoms with Gasteiger partial charge in [-0.2, -0.15) is 0 Å². The molecular formula is C22H26ClNO2. The number of aliphatic hydroxyl groups is 1. The van der Waals surface area contributed by atoms with E-state index in [1.807, 2.05) is 48.5 Å². The molecule has 0 radical (unpaired) electrons. The third-order valence-electron chi connectivity index (χ3n) is 5.98. The predicted octanol–water partition coefficient (Wildman–Crippen LogP) is 4.46. The zero-order valence-corrected chi connectivity index (χ0v) is 16.2. The van der Waals surface area contributed by atoms with Crippen molar-refractivity contribution >= 4 is 11.6 Å². The van der Waals surface area contributed by atoms with E-state index in [1.165, 1.54) is 6.42 Å². The fourth-order valence-corrected chi connectivity index (χ4v) is 4.60. The molecule has 0 unspecified atom stereocenters. The Balaban J connectivity index is 1.71. The molecule has 1 aliphatic carbocycles. The minimum absolute atomic E-state index is 0.275. The fraction of sp³-hybridized carbons (Fsp3) is 0.455. The highest BCUT2D eigenvalue weighted by molar-refractivity contribution is 6.30. The molecule has 0 spiro atoms. The molecule has 4 rings (SSSR count). The lowest BCUT2D eigenvalue weighted by molar-refractivity contribution is -0.127. The summed E-state index contributed by atoms with van der Waals surface area (Å²) in [7, 11) is 2.08. The molecule has 138 valence electrons. The second-order valence-corrected chi connectivity index (χ2v) is 8.59. The van der Waals surface area contributed by atoms with Crippen LogP contribution in [0.15, 0.2) is 48.5 Å². The normalized spacial score (nSPS) is 22.2. The van der Waals surface area contributed by atoms with Crippen molar-refractivity contribution in [2.45, 2.75) is 37.9 Å². The van der Waals surface area contributed by atoms with Crippen molar-refractivity contribution in [3.05, 3.63) is 64.7 Å². The van der Waals surface area contributed by atoms with Crippen LogP contribution < -0.4 is 4.74 Å². The molecule has 1 saturated carbocycles. The minimum atomic E-state index is -1.10. The zero-order valence-electron chi connectivity index (χ0n) is 15.4. The van der Waals surface area contributed by atoms with E-state index in [-0.39, 0.29) is 5.41 Å². The molecule has 2 aromatic rings. The Labute approximate surface area is 160 Å². The van der Waals surface area contributed by atoms with Gasteiger partial charge in [-0.15, -0.1) is 0 Å². The smallest absolute Gasteiger partial charge is 0.122 e. The second kappa shape index (κ2) is 6.56. The van der Waals surface area contributed by atoms with Gasteiger partial charge in [0.1, 0.15) is 11.4 Å². The Kier molecular flexibility index (Phi) is 4.50. The maximum absolute atomic E-state index is 12.0. The van der Waals surface area contributed by atoms with E-state index >= 15 is 0 Å². The van der Waals surface area contributed by atoms with Gasteiger partial charge >= 0.3 is 0 Å². The number of rotatable bonds is 5. The van der Waals surface area contributed by atoms with Gasteiger partial charge in [-0.25, -0.2) is 0 Å². The lowest BCUT2D eigenvalue weighted by atomic mass is 9.62. The van der Waals surface area contributed by atoms with Gasteiger partial charge in [0.25, 0.3) is 0 Å². The number of nitrogens with zero attached hydrogens (tertiary/aromatic N) is 1. The summed E-state index contributed by atoms with van der Waals surface area (Å²) in [5, 5.41) is 12.6. The lowest BCUT2D eigenvalue weighted by Gasteiger charge is -2.56. The first-order valence-corrected chi connectivity index (χ1v) is 9.73. The maximum Gasteiger partial charge on any atom is 0.122 e. The van der Waals surface area contributed by atoms with E-state index in [2.05, 4.69) is 18.9 Å². The molecular weight excluding hydrogens is 346 g/mol.